The molecule has 0 aliphatic rings. The predicted octanol–water partition coefficient (Wildman–Crippen LogP) is -12.3. The molecule has 0 bridgehead atoms. The minimum absolute atomic E-state index is 0. The van der Waals surface area contributed by atoms with Gasteiger partial charge in [-0.2, -0.15) is 0 Å². The molecule has 1 radical (unpaired) electrons. The van der Waals surface area contributed by atoms with Crippen LogP contribution in [0.4, 0.5) is 0 Å². The third-order valence-electron chi connectivity index (χ3n) is 0. The van der Waals surface area contributed by atoms with Crippen molar-refractivity contribution in [3.8, 4) is 0 Å². The maximum Gasteiger partial charge on any atom is 3.00 e. The summed E-state index contributed by atoms with van der Waals surface area (Å²) in [4.78, 5) is 68.1. The fraction of sp³-hybridized carbons (Fsp3) is 0. The first kappa shape index (κ1) is 42.7. The van der Waals surface area contributed by atoms with Gasteiger partial charge in [0.05, 0.1) is 0 Å². The van der Waals surface area contributed by atoms with Crippen LogP contribution in [0.3, 0.4) is 0 Å². The maximum absolute atomic E-state index is 8.52. The van der Waals surface area contributed by atoms with E-state index >= 15 is 0 Å². The molecule has 0 aliphatic heterocycles. The van der Waals surface area contributed by atoms with Crippen LogP contribution in [0.5, 0.6) is 0 Å². The average Bonchev–Trinajstić information content (AvgIpc) is 1.76. The van der Waals surface area contributed by atoms with Gasteiger partial charge in [0.1, 0.15) is 0 Å². The van der Waals surface area contributed by atoms with Crippen molar-refractivity contribution in [1.82, 2.24) is 0 Å². The molecular weight excluding hydrogens is 427 g/mol. The summed E-state index contributed by atoms with van der Waals surface area (Å²) < 4.78 is 34.1. The Balaban J connectivity index is -0.0000000192. The first-order chi connectivity index (χ1) is 6.93. The molecular formula is AlCaFeO12Si4. The molecule has 0 fully saturated rings. The van der Waals surface area contributed by atoms with Crippen LogP contribution < -0.4 is 38.4 Å². The van der Waals surface area contributed by atoms with Gasteiger partial charge in [0, 0.05) is 36.7 Å². The van der Waals surface area contributed by atoms with E-state index in [0.29, 0.717) is 0 Å². The second kappa shape index (κ2) is 36.3. The van der Waals surface area contributed by atoms with Gasteiger partial charge < -0.3 is 56.2 Å². The van der Waals surface area contributed by atoms with E-state index in [-0.39, 0.29) is 72.2 Å². The topological polar surface area (TPSA) is 253 Å². The number of hydrogen-bond acceptors (Lipinski definition) is 12. The predicted molar refractivity (Wildman–Crippen MR) is 37.3 cm³/mol. The van der Waals surface area contributed by atoms with Gasteiger partial charge in [0.2, 0.25) is 0 Å². The molecule has 0 aliphatic carbocycles. The summed E-state index contributed by atoms with van der Waals surface area (Å²) in [6.45, 7) is 0. The van der Waals surface area contributed by atoms with E-state index in [0.717, 1.165) is 0 Å². The van der Waals surface area contributed by atoms with Gasteiger partial charge in [0.25, 0.3) is 0 Å². The molecule has 0 atom stereocenters. The Morgan fingerprint density at radius 3 is 0.474 bits per heavy atom. The smallest absolute Gasteiger partial charge is 0.672 e. The first-order valence-corrected chi connectivity index (χ1v) is 7.35. The summed E-state index contributed by atoms with van der Waals surface area (Å²) in [5.41, 5.74) is 0. The fourth-order valence-electron chi connectivity index (χ4n) is 0. The van der Waals surface area contributed by atoms with E-state index in [1.165, 1.54) is 0 Å². The molecule has 0 aromatic carbocycles. The van der Waals surface area contributed by atoms with Crippen LogP contribution in [0.25, 0.3) is 0 Å². The Morgan fingerprint density at radius 2 is 0.474 bits per heavy atom. The molecule has 0 amide bonds. The molecule has 0 aromatic heterocycles. The molecule has 0 N–H and O–H groups in total. The molecule has 19 heteroatoms. The summed E-state index contributed by atoms with van der Waals surface area (Å²) in [5, 5.41) is 0. The standard InChI is InChI=1S/Al.Ca.Fe.4O3Si/c;;;4*1-4(2)3/q+3;+2;+3;4*-2. The third-order valence-corrected chi connectivity index (χ3v) is 0. The number of hydrogen-bond donors (Lipinski definition) is 0. The molecule has 0 rings (SSSR count). The molecule has 0 unspecified atom stereocenters. The van der Waals surface area contributed by atoms with E-state index in [1.54, 1.807) is 0 Å². The summed E-state index contributed by atoms with van der Waals surface area (Å²) in [7, 11) is -14.5. The van der Waals surface area contributed by atoms with Crippen molar-refractivity contribution < 1.29 is 73.3 Å². The quantitative estimate of drug-likeness (QED) is 0.326. The average molecular weight is 427 g/mol. The van der Waals surface area contributed by atoms with Crippen LogP contribution in [-0.2, 0) is 34.9 Å². The van der Waals surface area contributed by atoms with E-state index in [9.17, 15) is 0 Å². The molecule has 0 spiro atoms. The Bertz CT molecular complexity index is 170. The normalized spacial score (nSPS) is 5.05. The summed E-state index contributed by atoms with van der Waals surface area (Å²) in [6, 6.07) is 0. The van der Waals surface area contributed by atoms with E-state index < -0.39 is 36.7 Å². The van der Waals surface area contributed by atoms with Gasteiger partial charge in [-0.15, -0.1) is 0 Å². The second-order valence-electron chi connectivity index (χ2n) is 1.00. The number of rotatable bonds is 0. The molecule has 0 saturated carbocycles. The van der Waals surface area contributed by atoms with Crippen molar-refractivity contribution in [2.24, 2.45) is 0 Å². The van der Waals surface area contributed by atoms with Gasteiger partial charge in [-0.1, -0.05) is 0 Å². The minimum atomic E-state index is -3.63. The summed E-state index contributed by atoms with van der Waals surface area (Å²) in [6.07, 6.45) is 0. The largest absolute Gasteiger partial charge is 3.00 e. The maximum atomic E-state index is 8.52. The van der Waals surface area contributed by atoms with Gasteiger partial charge in [-0.3, -0.25) is 0 Å². The monoisotopic (exact) mass is 427 g/mol. The van der Waals surface area contributed by atoms with Crippen LogP contribution in [0.1, 0.15) is 0 Å². The van der Waals surface area contributed by atoms with Crippen LogP contribution in [0.15, 0.2) is 0 Å². The Kier molecular flexibility index (Phi) is 81.7. The zero-order valence-electron chi connectivity index (χ0n) is 8.54. The Morgan fingerprint density at radius 1 is 0.474 bits per heavy atom. The van der Waals surface area contributed by atoms with E-state index in [4.69, 9.17) is 56.2 Å². The molecule has 19 heavy (non-hydrogen) atoms. The van der Waals surface area contributed by atoms with Crippen molar-refractivity contribution in [2.75, 3.05) is 0 Å². The Hall–Kier alpha value is 0.779. The summed E-state index contributed by atoms with van der Waals surface area (Å²) in [5.74, 6) is 0. The van der Waals surface area contributed by atoms with Gasteiger partial charge in [-0.05, 0) is 0 Å². The molecule has 0 saturated heterocycles. The third kappa shape index (κ3) is 8710. The summed E-state index contributed by atoms with van der Waals surface area (Å²) >= 11 is 0. The first-order valence-electron chi connectivity index (χ1n) is 2.45. The molecule has 0 heterocycles. The van der Waals surface area contributed by atoms with Crippen molar-refractivity contribution in [3.63, 3.8) is 0 Å². The van der Waals surface area contributed by atoms with E-state index in [1.807, 2.05) is 0 Å². The van der Waals surface area contributed by atoms with Crippen LogP contribution in [-0.4, -0.2) is 91.8 Å². The molecule has 101 valence electrons. The van der Waals surface area contributed by atoms with E-state index in [2.05, 4.69) is 0 Å². The van der Waals surface area contributed by atoms with Gasteiger partial charge >= 0.3 is 72.2 Å². The van der Waals surface area contributed by atoms with Crippen molar-refractivity contribution in [1.29, 1.82) is 0 Å². The van der Waals surface area contributed by atoms with Gasteiger partial charge in [-0.25, -0.2) is 0 Å². The van der Waals surface area contributed by atoms with Crippen molar-refractivity contribution in [2.45, 2.75) is 0 Å². The fourth-order valence-corrected chi connectivity index (χ4v) is 0. The zero-order chi connectivity index (χ0) is 14.3. The Labute approximate surface area is 163 Å². The zero-order valence-corrected chi connectivity index (χ0v) is 17.0. The second-order valence-corrected chi connectivity index (χ2v) is 3.00. The molecule has 0 aromatic rings. The van der Waals surface area contributed by atoms with Gasteiger partial charge in [0.15, 0.2) is 0 Å². The van der Waals surface area contributed by atoms with Crippen molar-refractivity contribution in [3.05, 3.63) is 0 Å². The van der Waals surface area contributed by atoms with Crippen LogP contribution in [0.2, 0.25) is 0 Å². The molecule has 12 nitrogen and oxygen atoms in total. The van der Waals surface area contributed by atoms with Crippen LogP contribution >= 0.6 is 0 Å². The van der Waals surface area contributed by atoms with Crippen LogP contribution in [0, 0.1) is 0 Å². The minimum Gasteiger partial charge on any atom is -0.672 e. The SMILES string of the molecule is O=[Si]([O-])[O-].O=[Si]([O-])[O-].O=[Si]([O-])[O-].O=[Si]([O-])[O-].[Al+3].[Ca+2].[Fe+3]. The van der Waals surface area contributed by atoms with Crippen molar-refractivity contribution >= 4 is 91.8 Å².